The molecule has 2 rings (SSSR count). The zero-order chi connectivity index (χ0) is 18.4. The van der Waals surface area contributed by atoms with E-state index in [1.54, 1.807) is 12.2 Å². The number of rotatable bonds is 6. The number of esters is 2. The molecule has 1 aliphatic rings. The quantitative estimate of drug-likeness (QED) is 0.329. The van der Waals surface area contributed by atoms with E-state index in [1.807, 2.05) is 0 Å². The van der Waals surface area contributed by atoms with Gasteiger partial charge in [0.15, 0.2) is 0 Å². The Kier molecular flexibility index (Phi) is 6.07. The fourth-order valence-electron chi connectivity index (χ4n) is 2.11. The maximum Gasteiger partial charge on any atom is 0.303 e. The second-order valence-corrected chi connectivity index (χ2v) is 5.17. The lowest BCUT2D eigenvalue weighted by atomic mass is 10.1. The van der Waals surface area contributed by atoms with Crippen molar-refractivity contribution in [3.63, 3.8) is 0 Å². The van der Waals surface area contributed by atoms with E-state index in [2.05, 4.69) is 0 Å². The molecule has 1 unspecified atom stereocenters. The highest BCUT2D eigenvalue weighted by Crippen LogP contribution is 2.22. The van der Waals surface area contributed by atoms with E-state index < -0.39 is 35.4 Å². The Bertz CT molecular complexity index is 669. The van der Waals surface area contributed by atoms with E-state index in [-0.39, 0.29) is 12.3 Å². The van der Waals surface area contributed by atoms with E-state index in [9.17, 15) is 19.7 Å². The predicted molar refractivity (Wildman–Crippen MR) is 83.7 cm³/mol. The molecule has 0 saturated heterocycles. The fourth-order valence-corrected chi connectivity index (χ4v) is 2.11. The molecule has 1 heterocycles. The van der Waals surface area contributed by atoms with Crippen LogP contribution in [0.4, 0.5) is 5.69 Å². The Hall–Kier alpha value is -2.94. The second-order valence-electron chi connectivity index (χ2n) is 5.17. The Morgan fingerprint density at radius 1 is 1.16 bits per heavy atom. The van der Waals surface area contributed by atoms with Gasteiger partial charge in [0.2, 0.25) is 6.29 Å². The molecule has 134 valence electrons. The largest absolute Gasteiger partial charge is 0.463 e. The summed E-state index contributed by atoms with van der Waals surface area (Å²) in [5.74, 6) is -0.634. The van der Waals surface area contributed by atoms with Crippen LogP contribution in [0, 0.1) is 10.1 Å². The molecular weight excluding hydrogens is 334 g/mol. The Morgan fingerprint density at radius 3 is 2.40 bits per heavy atom. The number of non-ortho nitro benzene ring substituents is 1. The van der Waals surface area contributed by atoms with Crippen molar-refractivity contribution >= 4 is 17.6 Å². The summed E-state index contributed by atoms with van der Waals surface area (Å²) in [7, 11) is 0. The number of ether oxygens (including phenoxy) is 4. The standard InChI is InChI=1S/C16H17NO8/c1-10(18)22-9-15-14(23-11(2)19)7-8-16(25-15)24-13-5-3-12(4-6-13)17(20)21/h3-8,14-16H,9H2,1-2H3/t14-,15+,16?/m0/s1. The van der Waals surface area contributed by atoms with Crippen molar-refractivity contribution in [2.45, 2.75) is 32.3 Å². The molecule has 1 aromatic carbocycles. The van der Waals surface area contributed by atoms with Crippen LogP contribution in [0.25, 0.3) is 0 Å². The van der Waals surface area contributed by atoms with Crippen LogP contribution in [0.5, 0.6) is 5.75 Å². The van der Waals surface area contributed by atoms with Crippen LogP contribution in [-0.4, -0.2) is 42.0 Å². The van der Waals surface area contributed by atoms with Crippen molar-refractivity contribution in [3.8, 4) is 5.75 Å². The van der Waals surface area contributed by atoms with Gasteiger partial charge in [-0.1, -0.05) is 0 Å². The minimum atomic E-state index is -0.825. The van der Waals surface area contributed by atoms with Gasteiger partial charge in [0.05, 0.1) is 4.92 Å². The molecule has 0 saturated carbocycles. The number of hydrogen-bond acceptors (Lipinski definition) is 8. The summed E-state index contributed by atoms with van der Waals surface area (Å²) in [5.41, 5.74) is -0.0601. The van der Waals surface area contributed by atoms with Crippen LogP contribution in [0.15, 0.2) is 36.4 Å². The van der Waals surface area contributed by atoms with E-state index in [4.69, 9.17) is 18.9 Å². The van der Waals surface area contributed by atoms with Crippen LogP contribution < -0.4 is 4.74 Å². The monoisotopic (exact) mass is 351 g/mol. The lowest BCUT2D eigenvalue weighted by Gasteiger charge is -2.31. The van der Waals surface area contributed by atoms with E-state index in [1.165, 1.54) is 38.1 Å². The maximum atomic E-state index is 11.1. The minimum Gasteiger partial charge on any atom is -0.463 e. The predicted octanol–water partition coefficient (Wildman–Crippen LogP) is 1.75. The molecule has 0 bridgehead atoms. The summed E-state index contributed by atoms with van der Waals surface area (Å²) < 4.78 is 21.2. The SMILES string of the molecule is CC(=O)OC[C@H]1OC(Oc2ccc([N+](=O)[O-])cc2)C=C[C@@H]1OC(C)=O. The Labute approximate surface area is 143 Å². The average Bonchev–Trinajstić information content (AvgIpc) is 2.55. The molecule has 0 amide bonds. The fraction of sp³-hybridized carbons (Fsp3) is 0.375. The van der Waals surface area contributed by atoms with E-state index in [0.29, 0.717) is 5.75 Å². The van der Waals surface area contributed by atoms with Gasteiger partial charge in [-0.15, -0.1) is 0 Å². The highest BCUT2D eigenvalue weighted by Gasteiger charge is 2.31. The van der Waals surface area contributed by atoms with Gasteiger partial charge in [0, 0.05) is 26.0 Å². The van der Waals surface area contributed by atoms with Gasteiger partial charge < -0.3 is 18.9 Å². The van der Waals surface area contributed by atoms with Crippen LogP contribution in [0.3, 0.4) is 0 Å². The van der Waals surface area contributed by atoms with Gasteiger partial charge in [0.1, 0.15) is 24.6 Å². The van der Waals surface area contributed by atoms with Crippen molar-refractivity contribution in [2.24, 2.45) is 0 Å². The highest BCUT2D eigenvalue weighted by molar-refractivity contribution is 5.66. The summed E-state index contributed by atoms with van der Waals surface area (Å²) in [6, 6.07) is 5.49. The van der Waals surface area contributed by atoms with Crippen molar-refractivity contribution in [3.05, 3.63) is 46.5 Å². The van der Waals surface area contributed by atoms with Gasteiger partial charge in [0.25, 0.3) is 5.69 Å². The zero-order valence-electron chi connectivity index (χ0n) is 13.6. The third-order valence-corrected chi connectivity index (χ3v) is 3.19. The maximum absolute atomic E-state index is 11.1. The average molecular weight is 351 g/mol. The molecule has 0 aliphatic carbocycles. The van der Waals surface area contributed by atoms with Gasteiger partial charge in [-0.05, 0) is 24.3 Å². The molecule has 1 aromatic rings. The first-order valence-corrected chi connectivity index (χ1v) is 7.40. The van der Waals surface area contributed by atoms with E-state index in [0.717, 1.165) is 0 Å². The number of nitro groups is 1. The third-order valence-electron chi connectivity index (χ3n) is 3.19. The van der Waals surface area contributed by atoms with Crippen LogP contribution in [0.2, 0.25) is 0 Å². The number of carbonyl (C=O) groups excluding carboxylic acids is 2. The number of carbonyl (C=O) groups is 2. The second kappa shape index (κ2) is 8.25. The van der Waals surface area contributed by atoms with Gasteiger partial charge in [-0.2, -0.15) is 0 Å². The summed E-state index contributed by atoms with van der Waals surface area (Å²) in [6.45, 7) is 2.40. The molecule has 0 fully saturated rings. The van der Waals surface area contributed by atoms with Crippen LogP contribution >= 0.6 is 0 Å². The number of nitro benzene ring substituents is 1. The molecule has 0 radical (unpaired) electrons. The lowest BCUT2D eigenvalue weighted by molar-refractivity contribution is -0.384. The normalized spacial score (nSPS) is 22.1. The lowest BCUT2D eigenvalue weighted by Crippen LogP contribution is -2.42. The molecule has 1 aliphatic heterocycles. The highest BCUT2D eigenvalue weighted by atomic mass is 16.7. The van der Waals surface area contributed by atoms with Gasteiger partial charge in [-0.3, -0.25) is 19.7 Å². The molecule has 0 aromatic heterocycles. The van der Waals surface area contributed by atoms with Crippen LogP contribution in [-0.2, 0) is 23.8 Å². The smallest absolute Gasteiger partial charge is 0.303 e. The van der Waals surface area contributed by atoms with Crippen molar-refractivity contribution < 1.29 is 33.5 Å². The number of hydrogen-bond donors (Lipinski definition) is 0. The summed E-state index contributed by atoms with van der Waals surface area (Å²) in [6.07, 6.45) is 0.845. The number of benzene rings is 1. The summed E-state index contributed by atoms with van der Waals surface area (Å²) in [4.78, 5) is 32.3. The molecule has 3 atom stereocenters. The molecule has 9 heteroatoms. The summed E-state index contributed by atoms with van der Waals surface area (Å²) >= 11 is 0. The van der Waals surface area contributed by atoms with Gasteiger partial charge in [-0.25, -0.2) is 0 Å². The number of nitrogens with zero attached hydrogens (tertiary/aromatic N) is 1. The van der Waals surface area contributed by atoms with Crippen molar-refractivity contribution in [1.82, 2.24) is 0 Å². The van der Waals surface area contributed by atoms with Gasteiger partial charge >= 0.3 is 11.9 Å². The molecule has 0 N–H and O–H groups in total. The topological polar surface area (TPSA) is 114 Å². The Morgan fingerprint density at radius 2 is 1.84 bits per heavy atom. The zero-order valence-corrected chi connectivity index (χ0v) is 13.6. The minimum absolute atomic E-state index is 0.0601. The Balaban J connectivity index is 2.04. The first kappa shape index (κ1) is 18.4. The summed E-state index contributed by atoms with van der Waals surface area (Å²) in [5, 5.41) is 10.6. The third kappa shape index (κ3) is 5.57. The first-order valence-electron chi connectivity index (χ1n) is 7.40. The van der Waals surface area contributed by atoms with Crippen molar-refractivity contribution in [1.29, 1.82) is 0 Å². The molecule has 25 heavy (non-hydrogen) atoms. The first-order chi connectivity index (χ1) is 11.8. The molecule has 0 spiro atoms. The van der Waals surface area contributed by atoms with Crippen LogP contribution in [0.1, 0.15) is 13.8 Å². The van der Waals surface area contributed by atoms with E-state index >= 15 is 0 Å². The van der Waals surface area contributed by atoms with Crippen molar-refractivity contribution in [2.75, 3.05) is 6.61 Å². The molecular formula is C16H17NO8. The molecule has 9 nitrogen and oxygen atoms in total.